The summed E-state index contributed by atoms with van der Waals surface area (Å²) in [5.74, 6) is 0.0446. The van der Waals surface area contributed by atoms with Crippen molar-refractivity contribution in [2.45, 2.75) is 25.3 Å². The van der Waals surface area contributed by atoms with Crippen molar-refractivity contribution in [1.29, 1.82) is 0 Å². The minimum absolute atomic E-state index is 0. The maximum Gasteiger partial charge on any atom is 0.254 e. The molecule has 1 unspecified atom stereocenters. The lowest BCUT2D eigenvalue weighted by molar-refractivity contribution is 0.0611. The van der Waals surface area contributed by atoms with E-state index in [1.165, 1.54) is 0 Å². The summed E-state index contributed by atoms with van der Waals surface area (Å²) in [4.78, 5) is 14.6. The van der Waals surface area contributed by atoms with Gasteiger partial charge in [0.15, 0.2) is 0 Å². The molecule has 1 aromatic heterocycles. The number of H-pyrrole nitrogens is 1. The minimum atomic E-state index is 0. The Kier molecular flexibility index (Phi) is 6.71. The molecule has 0 spiro atoms. The molecule has 1 atom stereocenters. The number of carbonyl (C=O) groups excluding carboxylic acids is 1. The van der Waals surface area contributed by atoms with E-state index in [1.54, 1.807) is 18.3 Å². The molecule has 2 heterocycles. The number of hydrogen-bond donors (Lipinski definition) is 2. The van der Waals surface area contributed by atoms with Crippen LogP contribution in [0.2, 0.25) is 0 Å². The van der Waals surface area contributed by atoms with Gasteiger partial charge in [0.05, 0.1) is 12.2 Å². The molecular weight excluding hydrogens is 323 g/mol. The molecule has 2 aromatic rings. The van der Waals surface area contributed by atoms with Crippen molar-refractivity contribution in [3.8, 4) is 0 Å². The first kappa shape index (κ1) is 18.3. The molecule has 7 heteroatoms. The Hall–Kier alpha value is -1.72. The largest absolute Gasteiger partial charge is 0.399 e. The number of benzene rings is 1. The predicted molar refractivity (Wildman–Crippen MR) is 91.6 cm³/mol. The average molecular weight is 343 g/mol. The first-order chi connectivity index (χ1) is 9.75. The van der Waals surface area contributed by atoms with Crippen LogP contribution >= 0.6 is 24.8 Å². The van der Waals surface area contributed by atoms with Crippen LogP contribution in [0.3, 0.4) is 0 Å². The van der Waals surface area contributed by atoms with Crippen LogP contribution in [0.5, 0.6) is 0 Å². The highest BCUT2D eigenvalue weighted by molar-refractivity contribution is 5.95. The van der Waals surface area contributed by atoms with Crippen LogP contribution in [0, 0.1) is 0 Å². The number of likely N-dealkylation sites (tertiary alicyclic amines) is 1. The molecule has 0 aliphatic carbocycles. The second-order valence-electron chi connectivity index (χ2n) is 5.17. The van der Waals surface area contributed by atoms with E-state index in [0.717, 1.165) is 31.4 Å². The summed E-state index contributed by atoms with van der Waals surface area (Å²) >= 11 is 0. The normalized spacial score (nSPS) is 17.3. The van der Waals surface area contributed by atoms with Crippen molar-refractivity contribution in [3.05, 3.63) is 47.8 Å². The summed E-state index contributed by atoms with van der Waals surface area (Å²) in [5, 5.41) is 6.82. The summed E-state index contributed by atoms with van der Waals surface area (Å²) in [7, 11) is 0. The fourth-order valence-corrected chi connectivity index (χ4v) is 2.80. The highest BCUT2D eigenvalue weighted by atomic mass is 35.5. The molecule has 1 fully saturated rings. The van der Waals surface area contributed by atoms with Crippen molar-refractivity contribution in [3.63, 3.8) is 0 Å². The molecule has 1 aliphatic rings. The molecule has 1 amide bonds. The van der Waals surface area contributed by atoms with Gasteiger partial charge < -0.3 is 10.6 Å². The molecule has 1 aromatic carbocycles. The van der Waals surface area contributed by atoms with Gasteiger partial charge in [0, 0.05) is 29.6 Å². The van der Waals surface area contributed by atoms with E-state index in [1.807, 2.05) is 23.2 Å². The number of piperidine rings is 1. The summed E-state index contributed by atoms with van der Waals surface area (Å²) in [6, 6.07) is 7.28. The summed E-state index contributed by atoms with van der Waals surface area (Å²) < 4.78 is 0. The number of nitrogen functional groups attached to an aromatic ring is 1. The Morgan fingerprint density at radius 2 is 2.14 bits per heavy atom. The fourth-order valence-electron chi connectivity index (χ4n) is 2.80. The van der Waals surface area contributed by atoms with Crippen LogP contribution in [-0.4, -0.2) is 27.5 Å². The molecule has 0 saturated carbocycles. The number of anilines is 1. The van der Waals surface area contributed by atoms with Crippen molar-refractivity contribution < 1.29 is 4.79 Å². The van der Waals surface area contributed by atoms with Crippen LogP contribution in [0.4, 0.5) is 5.69 Å². The van der Waals surface area contributed by atoms with E-state index in [9.17, 15) is 4.79 Å². The molecular formula is C15H20Cl2N4O. The third-order valence-corrected chi connectivity index (χ3v) is 3.80. The first-order valence-corrected chi connectivity index (χ1v) is 6.91. The van der Waals surface area contributed by atoms with E-state index < -0.39 is 0 Å². The third-order valence-electron chi connectivity index (χ3n) is 3.80. The van der Waals surface area contributed by atoms with Gasteiger partial charge >= 0.3 is 0 Å². The number of amides is 1. The smallest absolute Gasteiger partial charge is 0.254 e. The lowest BCUT2D eigenvalue weighted by Crippen LogP contribution is -2.38. The Morgan fingerprint density at radius 3 is 2.82 bits per heavy atom. The maximum atomic E-state index is 12.7. The van der Waals surface area contributed by atoms with Crippen molar-refractivity contribution in [2.24, 2.45) is 0 Å². The Morgan fingerprint density at radius 1 is 1.32 bits per heavy atom. The molecule has 120 valence electrons. The van der Waals surface area contributed by atoms with Gasteiger partial charge in [0.2, 0.25) is 0 Å². The van der Waals surface area contributed by atoms with Gasteiger partial charge in [0.25, 0.3) is 5.91 Å². The zero-order valence-corrected chi connectivity index (χ0v) is 13.7. The third kappa shape index (κ3) is 3.72. The average Bonchev–Trinajstić information content (AvgIpc) is 3.00. The van der Waals surface area contributed by atoms with Crippen LogP contribution in [-0.2, 0) is 0 Å². The van der Waals surface area contributed by atoms with Crippen LogP contribution < -0.4 is 5.73 Å². The zero-order valence-electron chi connectivity index (χ0n) is 12.1. The topological polar surface area (TPSA) is 75.0 Å². The number of aromatic nitrogens is 2. The molecule has 1 saturated heterocycles. The van der Waals surface area contributed by atoms with Crippen molar-refractivity contribution in [1.82, 2.24) is 15.1 Å². The molecule has 3 rings (SSSR count). The molecule has 5 nitrogen and oxygen atoms in total. The first-order valence-electron chi connectivity index (χ1n) is 6.91. The Bertz CT molecular complexity index is 603. The number of halogens is 2. The predicted octanol–water partition coefficient (Wildman–Crippen LogP) is 3.20. The number of nitrogens with two attached hydrogens (primary N) is 1. The second kappa shape index (κ2) is 8.06. The number of aromatic amines is 1. The van der Waals surface area contributed by atoms with Crippen LogP contribution in [0.15, 0.2) is 36.7 Å². The SMILES string of the molecule is Cl.Cl.Nc1cccc(C(=O)N2CCCCC2c2cn[nH]c2)c1. The quantitative estimate of drug-likeness (QED) is 0.823. The minimum Gasteiger partial charge on any atom is -0.399 e. The molecule has 22 heavy (non-hydrogen) atoms. The lowest BCUT2D eigenvalue weighted by Gasteiger charge is -2.35. The highest BCUT2D eigenvalue weighted by Gasteiger charge is 2.29. The molecule has 3 N–H and O–H groups in total. The molecule has 0 radical (unpaired) electrons. The van der Waals surface area contributed by atoms with E-state index in [0.29, 0.717) is 11.3 Å². The number of nitrogens with zero attached hydrogens (tertiary/aromatic N) is 2. The van der Waals surface area contributed by atoms with Gasteiger partial charge in [-0.1, -0.05) is 6.07 Å². The summed E-state index contributed by atoms with van der Waals surface area (Å²) in [5.41, 5.74) is 8.11. The summed E-state index contributed by atoms with van der Waals surface area (Å²) in [6.45, 7) is 0.781. The number of nitrogens with one attached hydrogen (secondary N) is 1. The van der Waals surface area contributed by atoms with E-state index >= 15 is 0 Å². The van der Waals surface area contributed by atoms with E-state index in [2.05, 4.69) is 10.2 Å². The number of carbonyl (C=O) groups is 1. The molecule has 0 bridgehead atoms. The standard InChI is InChI=1S/C15H18N4O.2ClH/c16-13-5-3-4-11(8-13)15(20)19-7-2-1-6-14(19)12-9-17-18-10-12;;/h3-5,8-10,14H,1-2,6-7,16H2,(H,17,18);2*1H. The van der Waals surface area contributed by atoms with Crippen LogP contribution in [0.25, 0.3) is 0 Å². The fraction of sp³-hybridized carbons (Fsp3) is 0.333. The highest BCUT2D eigenvalue weighted by Crippen LogP contribution is 2.31. The Labute approximate surface area is 142 Å². The van der Waals surface area contributed by atoms with Gasteiger partial charge in [-0.15, -0.1) is 24.8 Å². The lowest BCUT2D eigenvalue weighted by atomic mass is 9.96. The second-order valence-corrected chi connectivity index (χ2v) is 5.17. The maximum absolute atomic E-state index is 12.7. The zero-order chi connectivity index (χ0) is 13.9. The van der Waals surface area contributed by atoms with Crippen molar-refractivity contribution in [2.75, 3.05) is 12.3 Å². The van der Waals surface area contributed by atoms with Gasteiger partial charge in [-0.25, -0.2) is 0 Å². The van der Waals surface area contributed by atoms with Crippen molar-refractivity contribution >= 4 is 36.4 Å². The van der Waals surface area contributed by atoms with Crippen LogP contribution in [0.1, 0.15) is 41.2 Å². The number of hydrogen-bond acceptors (Lipinski definition) is 3. The molecule has 1 aliphatic heterocycles. The van der Waals surface area contributed by atoms with E-state index in [-0.39, 0.29) is 36.8 Å². The summed E-state index contributed by atoms with van der Waals surface area (Å²) in [6.07, 6.45) is 6.83. The van der Waals surface area contributed by atoms with E-state index in [4.69, 9.17) is 5.73 Å². The van der Waals surface area contributed by atoms with Gasteiger partial charge in [-0.3, -0.25) is 9.89 Å². The Balaban J connectivity index is 0.00000121. The monoisotopic (exact) mass is 342 g/mol. The number of rotatable bonds is 2. The van der Waals surface area contributed by atoms with Gasteiger partial charge in [0.1, 0.15) is 0 Å². The van der Waals surface area contributed by atoms with Gasteiger partial charge in [-0.05, 0) is 37.5 Å². The van der Waals surface area contributed by atoms with Gasteiger partial charge in [-0.2, -0.15) is 5.10 Å².